The van der Waals surface area contributed by atoms with E-state index in [9.17, 15) is 4.79 Å². The first-order valence-electron chi connectivity index (χ1n) is 8.51. The molecule has 3 N–H and O–H groups in total. The second-order valence-corrected chi connectivity index (χ2v) is 8.09. The number of H-pyrrole nitrogens is 1. The number of hydrogen-bond acceptors (Lipinski definition) is 6. The number of likely N-dealkylation sites (tertiary alicyclic amines) is 1. The molecule has 0 aromatic carbocycles. The molecule has 0 bridgehead atoms. The molecule has 4 rings (SSSR count). The number of anilines is 1. The average molecular weight is 358 g/mol. The molecule has 1 atom stereocenters. The number of piperidine rings is 1. The maximum atomic E-state index is 12.9. The molecule has 0 aliphatic carbocycles. The highest BCUT2D eigenvalue weighted by atomic mass is 32.2. The first-order valence-corrected chi connectivity index (χ1v) is 9.50. The number of nitrogens with zero attached hydrogens (tertiary/aromatic N) is 4. The van der Waals surface area contributed by atoms with Crippen LogP contribution in [-0.2, 0) is 4.79 Å². The molecule has 7 nitrogen and oxygen atoms in total. The van der Waals surface area contributed by atoms with Crippen LogP contribution in [-0.4, -0.2) is 56.7 Å². The largest absolute Gasteiger partial charge is 0.346 e. The standard InChI is InChI=1S/C17H22N6OS/c1-17(18)4-2-6-23(10-17)16(24)13-9-22(7-8-25-13)15-12-3-5-19-14(12)20-11-21-15/h3,5,9,11H,2,4,6-8,10,18H2,1H3,(H,19,20,21)/t17-/m1/s1. The number of carbonyl (C=O) groups excluding carboxylic acids is 1. The molecule has 0 radical (unpaired) electrons. The van der Waals surface area contributed by atoms with Crippen LogP contribution in [0.5, 0.6) is 0 Å². The molecule has 2 aromatic heterocycles. The lowest BCUT2D eigenvalue weighted by Crippen LogP contribution is -2.54. The van der Waals surface area contributed by atoms with Gasteiger partial charge in [-0.15, -0.1) is 11.8 Å². The van der Waals surface area contributed by atoms with Crippen molar-refractivity contribution >= 4 is 34.5 Å². The van der Waals surface area contributed by atoms with Gasteiger partial charge < -0.3 is 20.5 Å². The molecular weight excluding hydrogens is 336 g/mol. The van der Waals surface area contributed by atoms with Crippen LogP contribution in [0, 0.1) is 0 Å². The Kier molecular flexibility index (Phi) is 4.16. The van der Waals surface area contributed by atoms with Gasteiger partial charge in [0.05, 0.1) is 10.3 Å². The van der Waals surface area contributed by atoms with E-state index in [0.717, 1.165) is 53.4 Å². The van der Waals surface area contributed by atoms with Crippen molar-refractivity contribution in [2.75, 3.05) is 30.3 Å². The molecule has 25 heavy (non-hydrogen) atoms. The third-order valence-electron chi connectivity index (χ3n) is 4.69. The van der Waals surface area contributed by atoms with E-state index in [1.807, 2.05) is 35.2 Å². The minimum atomic E-state index is -0.294. The van der Waals surface area contributed by atoms with E-state index in [0.29, 0.717) is 6.54 Å². The van der Waals surface area contributed by atoms with Crippen LogP contribution >= 0.6 is 11.8 Å². The Morgan fingerprint density at radius 3 is 3.12 bits per heavy atom. The number of nitrogens with one attached hydrogen (secondary N) is 1. The maximum Gasteiger partial charge on any atom is 0.261 e. The van der Waals surface area contributed by atoms with E-state index < -0.39 is 0 Å². The number of aromatic nitrogens is 3. The van der Waals surface area contributed by atoms with Gasteiger partial charge in [-0.25, -0.2) is 9.97 Å². The van der Waals surface area contributed by atoms with Gasteiger partial charge in [-0.1, -0.05) is 0 Å². The number of rotatable bonds is 2. The second-order valence-electron chi connectivity index (χ2n) is 6.96. The van der Waals surface area contributed by atoms with Gasteiger partial charge in [-0.2, -0.15) is 0 Å². The monoisotopic (exact) mass is 358 g/mol. The number of carbonyl (C=O) groups is 1. The van der Waals surface area contributed by atoms with Crippen LogP contribution in [0.4, 0.5) is 5.82 Å². The normalized spacial score (nSPS) is 24.5. The van der Waals surface area contributed by atoms with Crippen LogP contribution < -0.4 is 10.6 Å². The molecule has 4 heterocycles. The molecular formula is C17H22N6OS. The van der Waals surface area contributed by atoms with Crippen molar-refractivity contribution < 1.29 is 4.79 Å². The lowest BCUT2D eigenvalue weighted by molar-refractivity contribution is -0.128. The van der Waals surface area contributed by atoms with Crippen LogP contribution in [0.25, 0.3) is 11.0 Å². The fourth-order valence-corrected chi connectivity index (χ4v) is 4.43. The fourth-order valence-electron chi connectivity index (χ4n) is 3.47. The van der Waals surface area contributed by atoms with Gasteiger partial charge in [0, 0.05) is 43.3 Å². The molecule has 1 fully saturated rings. The molecule has 0 spiro atoms. The summed E-state index contributed by atoms with van der Waals surface area (Å²) in [5, 5.41) is 0.963. The highest BCUT2D eigenvalue weighted by molar-refractivity contribution is 8.04. The predicted octanol–water partition coefficient (Wildman–Crippen LogP) is 1.69. The van der Waals surface area contributed by atoms with E-state index in [1.165, 1.54) is 0 Å². The quantitative estimate of drug-likeness (QED) is 0.849. The Labute approximate surface area is 150 Å². The summed E-state index contributed by atoms with van der Waals surface area (Å²) < 4.78 is 0. The summed E-state index contributed by atoms with van der Waals surface area (Å²) in [7, 11) is 0. The summed E-state index contributed by atoms with van der Waals surface area (Å²) in [6, 6.07) is 1.96. The summed E-state index contributed by atoms with van der Waals surface area (Å²) in [6.45, 7) is 4.22. The molecule has 1 saturated heterocycles. The van der Waals surface area contributed by atoms with Crippen LogP contribution in [0.3, 0.4) is 0 Å². The van der Waals surface area contributed by atoms with Crippen molar-refractivity contribution in [3.05, 3.63) is 29.7 Å². The van der Waals surface area contributed by atoms with Gasteiger partial charge in [-0.05, 0) is 25.8 Å². The fraction of sp³-hybridized carbons (Fsp3) is 0.471. The third-order valence-corrected chi connectivity index (χ3v) is 5.67. The summed E-state index contributed by atoms with van der Waals surface area (Å²) in [4.78, 5) is 29.4. The molecule has 0 saturated carbocycles. The predicted molar refractivity (Wildman–Crippen MR) is 100 cm³/mol. The van der Waals surface area contributed by atoms with Gasteiger partial charge in [0.2, 0.25) is 0 Å². The number of amides is 1. The lowest BCUT2D eigenvalue weighted by atomic mass is 9.92. The van der Waals surface area contributed by atoms with Crippen molar-refractivity contribution in [3.8, 4) is 0 Å². The van der Waals surface area contributed by atoms with Crippen molar-refractivity contribution in [2.24, 2.45) is 5.73 Å². The maximum absolute atomic E-state index is 12.9. The molecule has 8 heteroatoms. The Hall–Kier alpha value is -2.06. The van der Waals surface area contributed by atoms with Crippen molar-refractivity contribution in [3.63, 3.8) is 0 Å². The van der Waals surface area contributed by atoms with Gasteiger partial charge in [-0.3, -0.25) is 4.79 Å². The van der Waals surface area contributed by atoms with E-state index in [4.69, 9.17) is 5.73 Å². The van der Waals surface area contributed by atoms with E-state index in [2.05, 4.69) is 15.0 Å². The number of hydrogen-bond donors (Lipinski definition) is 2. The molecule has 2 aliphatic rings. The van der Waals surface area contributed by atoms with E-state index in [1.54, 1.807) is 18.1 Å². The smallest absolute Gasteiger partial charge is 0.261 e. The van der Waals surface area contributed by atoms with E-state index >= 15 is 0 Å². The Morgan fingerprint density at radius 2 is 2.28 bits per heavy atom. The number of aromatic amines is 1. The first-order chi connectivity index (χ1) is 12.0. The Morgan fingerprint density at radius 1 is 1.40 bits per heavy atom. The molecule has 1 amide bonds. The van der Waals surface area contributed by atoms with Crippen LogP contribution in [0.15, 0.2) is 29.7 Å². The van der Waals surface area contributed by atoms with Gasteiger partial charge in [0.1, 0.15) is 17.8 Å². The third kappa shape index (κ3) is 3.23. The summed E-state index contributed by atoms with van der Waals surface area (Å²) >= 11 is 1.61. The van der Waals surface area contributed by atoms with Gasteiger partial charge in [0.25, 0.3) is 5.91 Å². The zero-order valence-corrected chi connectivity index (χ0v) is 15.1. The average Bonchev–Trinajstić information content (AvgIpc) is 3.09. The summed E-state index contributed by atoms with van der Waals surface area (Å²) in [5.74, 6) is 1.76. The highest BCUT2D eigenvalue weighted by Gasteiger charge is 2.32. The number of nitrogens with two attached hydrogens (primary N) is 1. The Bertz CT molecular complexity index is 829. The number of fused-ring (bicyclic) bond motifs is 1. The second kappa shape index (κ2) is 6.34. The lowest BCUT2D eigenvalue weighted by Gasteiger charge is -2.38. The highest BCUT2D eigenvalue weighted by Crippen LogP contribution is 2.31. The molecule has 0 unspecified atom stereocenters. The van der Waals surface area contributed by atoms with Crippen LogP contribution in [0.2, 0.25) is 0 Å². The zero-order chi connectivity index (χ0) is 17.4. The Balaban J connectivity index is 1.60. The van der Waals surface area contributed by atoms with Crippen molar-refractivity contribution in [2.45, 2.75) is 25.3 Å². The first kappa shape index (κ1) is 16.4. The molecule has 2 aromatic rings. The number of thioether (sulfide) groups is 1. The van der Waals surface area contributed by atoms with Crippen molar-refractivity contribution in [1.82, 2.24) is 19.9 Å². The van der Waals surface area contributed by atoms with Gasteiger partial charge >= 0.3 is 0 Å². The van der Waals surface area contributed by atoms with Crippen molar-refractivity contribution in [1.29, 1.82) is 0 Å². The summed E-state index contributed by atoms with van der Waals surface area (Å²) in [6.07, 6.45) is 7.24. The SMILES string of the molecule is C[C@@]1(N)CCCN(C(=O)C2=CN(c3ncnc4[nH]ccc34)CCS2)C1. The minimum absolute atomic E-state index is 0.0745. The molecule has 2 aliphatic heterocycles. The topological polar surface area (TPSA) is 91.1 Å². The van der Waals surface area contributed by atoms with Gasteiger partial charge in [0.15, 0.2) is 0 Å². The molecule has 132 valence electrons. The zero-order valence-electron chi connectivity index (χ0n) is 14.2. The van der Waals surface area contributed by atoms with Crippen LogP contribution in [0.1, 0.15) is 19.8 Å². The van der Waals surface area contributed by atoms with E-state index in [-0.39, 0.29) is 11.4 Å². The summed E-state index contributed by atoms with van der Waals surface area (Å²) in [5.41, 5.74) is 6.76. The minimum Gasteiger partial charge on any atom is -0.346 e.